The van der Waals surface area contributed by atoms with E-state index in [1.165, 1.54) is 11.3 Å². The van der Waals surface area contributed by atoms with Crippen LogP contribution in [0.2, 0.25) is 0 Å². The Kier molecular flexibility index (Phi) is 3.51. The maximum absolute atomic E-state index is 13.0. The molecule has 2 heterocycles. The summed E-state index contributed by atoms with van der Waals surface area (Å²) in [6, 6.07) is 0.0450. The van der Waals surface area contributed by atoms with Gasteiger partial charge in [-0.3, -0.25) is 9.88 Å². The van der Waals surface area contributed by atoms with Crippen LogP contribution in [0.15, 0.2) is 11.7 Å². The van der Waals surface area contributed by atoms with Gasteiger partial charge in [0.15, 0.2) is 0 Å². The lowest BCUT2D eigenvalue weighted by Gasteiger charge is -2.36. The molecule has 1 aromatic rings. The van der Waals surface area contributed by atoms with E-state index in [0.29, 0.717) is 19.6 Å². The molecule has 0 aliphatic carbocycles. The lowest BCUT2D eigenvalue weighted by atomic mass is 10.0. The molecule has 1 aliphatic heterocycles. The maximum Gasteiger partial charge on any atom is 0.250 e. The standard InChI is InChI=1S/C10H15F2N3S/c11-10(12)1-3-15(4-2-10)8(5-13)9-6-14-7-16-9/h6-8H,1-5,13H2. The number of piperidine rings is 1. The van der Waals surface area contributed by atoms with Crippen LogP contribution in [0.3, 0.4) is 0 Å². The van der Waals surface area contributed by atoms with Gasteiger partial charge in [0.25, 0.3) is 5.92 Å². The summed E-state index contributed by atoms with van der Waals surface area (Å²) in [5, 5.41) is 0. The van der Waals surface area contributed by atoms with Gasteiger partial charge in [0.2, 0.25) is 0 Å². The summed E-state index contributed by atoms with van der Waals surface area (Å²) >= 11 is 1.53. The SMILES string of the molecule is NCC(c1cncs1)N1CCC(F)(F)CC1. The summed E-state index contributed by atoms with van der Waals surface area (Å²) in [4.78, 5) is 7.10. The first kappa shape index (κ1) is 11.9. The zero-order valence-corrected chi connectivity index (χ0v) is 9.72. The molecule has 0 amide bonds. The van der Waals surface area contributed by atoms with Crippen LogP contribution in [0.5, 0.6) is 0 Å². The molecule has 90 valence electrons. The molecule has 2 rings (SSSR count). The quantitative estimate of drug-likeness (QED) is 0.886. The lowest BCUT2D eigenvalue weighted by Crippen LogP contribution is -2.43. The van der Waals surface area contributed by atoms with Crippen molar-refractivity contribution in [1.82, 2.24) is 9.88 Å². The van der Waals surface area contributed by atoms with Crippen LogP contribution in [-0.4, -0.2) is 35.4 Å². The third-order valence-electron chi connectivity index (χ3n) is 2.97. The first-order valence-electron chi connectivity index (χ1n) is 5.33. The van der Waals surface area contributed by atoms with E-state index in [1.54, 1.807) is 11.7 Å². The fraction of sp³-hybridized carbons (Fsp3) is 0.700. The molecule has 1 fully saturated rings. The van der Waals surface area contributed by atoms with E-state index in [2.05, 4.69) is 4.98 Å². The van der Waals surface area contributed by atoms with Gasteiger partial charge in [-0.25, -0.2) is 8.78 Å². The molecule has 0 bridgehead atoms. The van der Waals surface area contributed by atoms with Crippen LogP contribution in [0.25, 0.3) is 0 Å². The predicted molar refractivity (Wildman–Crippen MR) is 59.7 cm³/mol. The van der Waals surface area contributed by atoms with E-state index in [0.717, 1.165) is 4.88 Å². The van der Waals surface area contributed by atoms with Gasteiger partial charge >= 0.3 is 0 Å². The number of aromatic nitrogens is 1. The number of hydrogen-bond acceptors (Lipinski definition) is 4. The molecule has 2 N–H and O–H groups in total. The number of alkyl halides is 2. The van der Waals surface area contributed by atoms with Gasteiger partial charge in [0.1, 0.15) is 0 Å². The Labute approximate surface area is 97.3 Å². The highest BCUT2D eigenvalue weighted by Gasteiger charge is 2.36. The first-order chi connectivity index (χ1) is 7.62. The van der Waals surface area contributed by atoms with Crippen LogP contribution in [-0.2, 0) is 0 Å². The Morgan fingerprint density at radius 1 is 1.50 bits per heavy atom. The van der Waals surface area contributed by atoms with Crippen molar-refractivity contribution in [2.24, 2.45) is 5.73 Å². The zero-order valence-electron chi connectivity index (χ0n) is 8.90. The Bertz CT molecular complexity index is 319. The summed E-state index contributed by atoms with van der Waals surface area (Å²) in [5.74, 6) is -2.50. The Morgan fingerprint density at radius 2 is 2.19 bits per heavy atom. The average Bonchev–Trinajstić information content (AvgIpc) is 2.75. The van der Waals surface area contributed by atoms with Crippen LogP contribution in [0, 0.1) is 0 Å². The van der Waals surface area contributed by atoms with Gasteiger partial charge in [-0.05, 0) is 0 Å². The molecular weight excluding hydrogens is 232 g/mol. The molecular formula is C10H15F2N3S. The number of nitrogens with two attached hydrogens (primary N) is 1. The van der Waals surface area contributed by atoms with E-state index >= 15 is 0 Å². The molecule has 0 spiro atoms. The largest absolute Gasteiger partial charge is 0.329 e. The molecule has 1 aliphatic rings. The third kappa shape index (κ3) is 2.56. The van der Waals surface area contributed by atoms with E-state index in [4.69, 9.17) is 5.73 Å². The molecule has 1 aromatic heterocycles. The smallest absolute Gasteiger partial charge is 0.250 e. The van der Waals surface area contributed by atoms with Crippen molar-refractivity contribution in [3.63, 3.8) is 0 Å². The molecule has 1 unspecified atom stereocenters. The number of rotatable bonds is 3. The summed E-state index contributed by atoms with van der Waals surface area (Å²) in [6.45, 7) is 1.27. The number of hydrogen-bond donors (Lipinski definition) is 1. The van der Waals surface area contributed by atoms with Crippen molar-refractivity contribution in [2.45, 2.75) is 24.8 Å². The number of nitrogens with zero attached hydrogens (tertiary/aromatic N) is 2. The summed E-state index contributed by atoms with van der Waals surface area (Å²) in [6.07, 6.45) is 1.64. The minimum absolute atomic E-state index is 0.0450. The molecule has 1 saturated heterocycles. The average molecular weight is 247 g/mol. The van der Waals surface area contributed by atoms with Crippen LogP contribution in [0.1, 0.15) is 23.8 Å². The van der Waals surface area contributed by atoms with Crippen molar-refractivity contribution in [3.05, 3.63) is 16.6 Å². The van der Waals surface area contributed by atoms with E-state index in [1.807, 2.05) is 4.90 Å². The zero-order chi connectivity index (χ0) is 11.6. The van der Waals surface area contributed by atoms with Gasteiger partial charge in [0.05, 0.1) is 11.6 Å². The second-order valence-corrected chi connectivity index (χ2v) is 4.97. The van der Waals surface area contributed by atoms with Crippen LogP contribution < -0.4 is 5.73 Å². The van der Waals surface area contributed by atoms with Crippen molar-refractivity contribution in [3.8, 4) is 0 Å². The molecule has 3 nitrogen and oxygen atoms in total. The lowest BCUT2D eigenvalue weighted by molar-refractivity contribution is -0.0625. The van der Waals surface area contributed by atoms with E-state index < -0.39 is 5.92 Å². The van der Waals surface area contributed by atoms with Crippen molar-refractivity contribution in [2.75, 3.05) is 19.6 Å². The van der Waals surface area contributed by atoms with Gasteiger partial charge in [-0.15, -0.1) is 11.3 Å². The molecule has 6 heteroatoms. The minimum Gasteiger partial charge on any atom is -0.329 e. The molecule has 1 atom stereocenters. The maximum atomic E-state index is 13.0. The normalized spacial score (nSPS) is 23.2. The minimum atomic E-state index is -2.50. The topological polar surface area (TPSA) is 42.1 Å². The van der Waals surface area contributed by atoms with Gasteiger partial charge in [-0.1, -0.05) is 0 Å². The summed E-state index contributed by atoms with van der Waals surface area (Å²) in [7, 11) is 0. The van der Waals surface area contributed by atoms with E-state index in [9.17, 15) is 8.78 Å². The van der Waals surface area contributed by atoms with Gasteiger partial charge < -0.3 is 5.73 Å². The fourth-order valence-electron chi connectivity index (χ4n) is 2.00. The highest BCUT2D eigenvalue weighted by atomic mass is 32.1. The predicted octanol–water partition coefficient (Wildman–Crippen LogP) is 1.87. The fourth-order valence-corrected chi connectivity index (χ4v) is 2.77. The van der Waals surface area contributed by atoms with Crippen molar-refractivity contribution in [1.29, 1.82) is 0 Å². The number of halogens is 2. The molecule has 0 aromatic carbocycles. The molecule has 0 radical (unpaired) electrons. The summed E-state index contributed by atoms with van der Waals surface area (Å²) in [5.41, 5.74) is 7.46. The summed E-state index contributed by atoms with van der Waals surface area (Å²) < 4.78 is 26.0. The highest BCUT2D eigenvalue weighted by Crippen LogP contribution is 2.32. The van der Waals surface area contributed by atoms with Gasteiger partial charge in [0, 0.05) is 43.5 Å². The third-order valence-corrected chi connectivity index (χ3v) is 3.85. The molecule has 16 heavy (non-hydrogen) atoms. The van der Waals surface area contributed by atoms with Gasteiger partial charge in [-0.2, -0.15) is 0 Å². The van der Waals surface area contributed by atoms with E-state index in [-0.39, 0.29) is 18.9 Å². The second-order valence-electron chi connectivity index (χ2n) is 4.05. The van der Waals surface area contributed by atoms with Crippen LogP contribution in [0.4, 0.5) is 8.78 Å². The Morgan fingerprint density at radius 3 is 2.69 bits per heavy atom. The Hall–Kier alpha value is -0.590. The van der Waals surface area contributed by atoms with Crippen molar-refractivity contribution >= 4 is 11.3 Å². The highest BCUT2D eigenvalue weighted by molar-refractivity contribution is 7.09. The van der Waals surface area contributed by atoms with Crippen LogP contribution >= 0.6 is 11.3 Å². The Balaban J connectivity index is 2.02. The molecule has 0 saturated carbocycles. The second kappa shape index (κ2) is 4.73. The van der Waals surface area contributed by atoms with Crippen molar-refractivity contribution < 1.29 is 8.78 Å². The first-order valence-corrected chi connectivity index (χ1v) is 6.21. The number of likely N-dealkylation sites (tertiary alicyclic amines) is 1. The number of thiazole rings is 1. The monoisotopic (exact) mass is 247 g/mol.